The molecule has 2 aromatic rings. The first-order chi connectivity index (χ1) is 11.7. The molecule has 1 unspecified atom stereocenters. The van der Waals surface area contributed by atoms with Crippen LogP contribution in [0.25, 0.3) is 6.08 Å². The molecule has 1 fully saturated rings. The molecule has 1 aromatic heterocycles. The maximum Gasteiger partial charge on any atom is 0.240 e. The third-order valence-corrected chi connectivity index (χ3v) is 4.17. The van der Waals surface area contributed by atoms with Crippen LogP contribution in [0.3, 0.4) is 0 Å². The number of carbonyl (C=O) groups is 1. The molecular formula is C18H22N4O2. The molecule has 0 saturated carbocycles. The van der Waals surface area contributed by atoms with Gasteiger partial charge in [0.2, 0.25) is 11.8 Å². The Labute approximate surface area is 141 Å². The number of likely N-dealkylation sites (N-methyl/N-ethyl adjacent to an activating group) is 1. The van der Waals surface area contributed by atoms with Gasteiger partial charge in [0.1, 0.15) is 0 Å². The van der Waals surface area contributed by atoms with E-state index < -0.39 is 0 Å². The molecule has 1 aromatic carbocycles. The van der Waals surface area contributed by atoms with E-state index in [0.717, 1.165) is 19.4 Å². The Balaban J connectivity index is 1.60. The maximum absolute atomic E-state index is 11.4. The normalized spacial score (nSPS) is 18.3. The lowest BCUT2D eigenvalue weighted by molar-refractivity contribution is -0.120. The van der Waals surface area contributed by atoms with Crippen molar-refractivity contribution < 1.29 is 9.32 Å². The fraction of sp³-hybridized carbons (Fsp3) is 0.389. The molecule has 1 saturated heterocycles. The molecule has 0 bridgehead atoms. The number of aromatic nitrogens is 2. The lowest BCUT2D eigenvalue weighted by Crippen LogP contribution is -2.27. The molecule has 3 rings (SSSR count). The van der Waals surface area contributed by atoms with Gasteiger partial charge in [0, 0.05) is 13.1 Å². The van der Waals surface area contributed by atoms with Gasteiger partial charge in [-0.3, -0.25) is 9.69 Å². The third kappa shape index (κ3) is 4.29. The Morgan fingerprint density at radius 2 is 2.25 bits per heavy atom. The van der Waals surface area contributed by atoms with Crippen LogP contribution in [0.4, 0.5) is 0 Å². The van der Waals surface area contributed by atoms with E-state index in [1.54, 1.807) is 7.05 Å². The van der Waals surface area contributed by atoms with Crippen molar-refractivity contribution in [3.8, 4) is 0 Å². The average Bonchev–Trinajstić information content (AvgIpc) is 3.23. The van der Waals surface area contributed by atoms with E-state index in [2.05, 4.69) is 44.6 Å². The first kappa shape index (κ1) is 16.4. The van der Waals surface area contributed by atoms with E-state index in [1.807, 2.05) is 18.2 Å². The van der Waals surface area contributed by atoms with Crippen LogP contribution in [-0.2, 0) is 17.8 Å². The fourth-order valence-corrected chi connectivity index (χ4v) is 2.88. The van der Waals surface area contributed by atoms with Gasteiger partial charge in [0.05, 0.1) is 13.0 Å². The molecule has 0 radical (unpaired) electrons. The smallest absolute Gasteiger partial charge is 0.240 e. The Kier molecular flexibility index (Phi) is 5.38. The highest BCUT2D eigenvalue weighted by Crippen LogP contribution is 2.21. The molecule has 1 N–H and O–H groups in total. The predicted octanol–water partition coefficient (Wildman–Crippen LogP) is 2.04. The maximum atomic E-state index is 11.4. The zero-order valence-corrected chi connectivity index (χ0v) is 13.8. The van der Waals surface area contributed by atoms with Crippen molar-refractivity contribution in [2.45, 2.75) is 31.8 Å². The van der Waals surface area contributed by atoms with Gasteiger partial charge in [-0.25, -0.2) is 0 Å². The lowest BCUT2D eigenvalue weighted by Gasteiger charge is -2.19. The minimum atomic E-state index is -0.118. The molecule has 24 heavy (non-hydrogen) atoms. The van der Waals surface area contributed by atoms with E-state index in [0.29, 0.717) is 24.3 Å². The Bertz CT molecular complexity index is 696. The summed E-state index contributed by atoms with van der Waals surface area (Å²) in [6, 6.07) is 10.7. The summed E-state index contributed by atoms with van der Waals surface area (Å²) in [5, 5.41) is 6.43. The van der Waals surface area contributed by atoms with E-state index in [9.17, 15) is 4.79 Å². The highest BCUT2D eigenvalue weighted by Gasteiger charge is 2.24. The monoisotopic (exact) mass is 326 g/mol. The van der Waals surface area contributed by atoms with Crippen LogP contribution in [0.2, 0.25) is 0 Å². The van der Waals surface area contributed by atoms with Crippen molar-refractivity contribution in [1.29, 1.82) is 0 Å². The highest BCUT2D eigenvalue weighted by atomic mass is 16.5. The first-order valence-electron chi connectivity index (χ1n) is 8.24. The third-order valence-electron chi connectivity index (χ3n) is 4.17. The van der Waals surface area contributed by atoms with Gasteiger partial charge in [-0.2, -0.15) is 4.98 Å². The van der Waals surface area contributed by atoms with Gasteiger partial charge in [-0.15, -0.1) is 0 Å². The zero-order valence-electron chi connectivity index (χ0n) is 13.8. The van der Waals surface area contributed by atoms with Gasteiger partial charge < -0.3 is 9.84 Å². The molecule has 1 aliphatic rings. The molecule has 1 amide bonds. The van der Waals surface area contributed by atoms with Crippen LogP contribution in [-0.4, -0.2) is 40.6 Å². The van der Waals surface area contributed by atoms with Crippen molar-refractivity contribution in [3.05, 3.63) is 53.7 Å². The molecule has 6 nitrogen and oxygen atoms in total. The minimum Gasteiger partial charge on any atom is -0.359 e. The van der Waals surface area contributed by atoms with Crippen LogP contribution in [0, 0.1) is 0 Å². The van der Waals surface area contributed by atoms with Gasteiger partial charge in [-0.1, -0.05) is 47.6 Å². The van der Waals surface area contributed by atoms with Crippen molar-refractivity contribution in [2.75, 3.05) is 13.6 Å². The number of carbonyl (C=O) groups excluding carboxylic acids is 1. The Morgan fingerprint density at radius 1 is 1.42 bits per heavy atom. The zero-order chi connectivity index (χ0) is 16.8. The molecule has 0 aliphatic carbocycles. The summed E-state index contributed by atoms with van der Waals surface area (Å²) in [6.07, 6.45) is 6.83. The Morgan fingerprint density at radius 3 is 3.04 bits per heavy atom. The van der Waals surface area contributed by atoms with Crippen molar-refractivity contribution >= 4 is 12.0 Å². The summed E-state index contributed by atoms with van der Waals surface area (Å²) in [5.74, 6) is 0.876. The van der Waals surface area contributed by atoms with Crippen molar-refractivity contribution in [2.24, 2.45) is 0 Å². The predicted molar refractivity (Wildman–Crippen MR) is 91.0 cm³/mol. The highest BCUT2D eigenvalue weighted by molar-refractivity contribution is 5.77. The second kappa shape index (κ2) is 7.88. The second-order valence-corrected chi connectivity index (χ2v) is 5.90. The topological polar surface area (TPSA) is 71.3 Å². The molecule has 1 aliphatic heterocycles. The molecule has 6 heteroatoms. The SMILES string of the molecule is CNC(=O)Cc1noc(CN2CCCC2/C=C/c2ccccc2)n1. The lowest BCUT2D eigenvalue weighted by atomic mass is 10.1. The Hall–Kier alpha value is -2.47. The molecule has 1 atom stereocenters. The van der Waals surface area contributed by atoms with Crippen LogP contribution in [0.15, 0.2) is 40.9 Å². The molecule has 0 spiro atoms. The summed E-state index contributed by atoms with van der Waals surface area (Å²) in [7, 11) is 1.59. The fourth-order valence-electron chi connectivity index (χ4n) is 2.88. The van der Waals surface area contributed by atoms with Gasteiger partial charge in [0.15, 0.2) is 5.82 Å². The first-order valence-corrected chi connectivity index (χ1v) is 8.24. The second-order valence-electron chi connectivity index (χ2n) is 5.90. The van der Waals surface area contributed by atoms with Gasteiger partial charge in [-0.05, 0) is 24.9 Å². The summed E-state index contributed by atoms with van der Waals surface area (Å²) in [6.45, 7) is 1.63. The number of amides is 1. The van der Waals surface area contributed by atoms with Crippen LogP contribution in [0.1, 0.15) is 30.1 Å². The number of nitrogens with zero attached hydrogens (tertiary/aromatic N) is 3. The summed E-state index contributed by atoms with van der Waals surface area (Å²) >= 11 is 0. The molecular weight excluding hydrogens is 304 g/mol. The van der Waals surface area contributed by atoms with E-state index in [4.69, 9.17) is 4.52 Å². The molecule has 2 heterocycles. The number of nitrogens with one attached hydrogen (secondary N) is 1. The summed E-state index contributed by atoms with van der Waals surface area (Å²) in [5.41, 5.74) is 1.20. The van der Waals surface area contributed by atoms with Crippen molar-refractivity contribution in [1.82, 2.24) is 20.4 Å². The number of hydrogen-bond donors (Lipinski definition) is 1. The number of benzene rings is 1. The number of rotatable bonds is 6. The van der Waals surface area contributed by atoms with Gasteiger partial charge in [0.25, 0.3) is 0 Å². The summed E-state index contributed by atoms with van der Waals surface area (Å²) < 4.78 is 5.28. The quantitative estimate of drug-likeness (QED) is 0.879. The minimum absolute atomic E-state index is 0.118. The van der Waals surface area contributed by atoms with Crippen LogP contribution >= 0.6 is 0 Å². The number of hydrogen-bond acceptors (Lipinski definition) is 5. The van der Waals surface area contributed by atoms with Crippen LogP contribution < -0.4 is 5.32 Å². The largest absolute Gasteiger partial charge is 0.359 e. The van der Waals surface area contributed by atoms with E-state index >= 15 is 0 Å². The van der Waals surface area contributed by atoms with Crippen molar-refractivity contribution in [3.63, 3.8) is 0 Å². The average molecular weight is 326 g/mol. The van der Waals surface area contributed by atoms with Crippen LogP contribution in [0.5, 0.6) is 0 Å². The van der Waals surface area contributed by atoms with E-state index in [1.165, 1.54) is 5.56 Å². The molecule has 126 valence electrons. The van der Waals surface area contributed by atoms with E-state index in [-0.39, 0.29) is 12.3 Å². The summed E-state index contributed by atoms with van der Waals surface area (Å²) in [4.78, 5) is 18.0. The standard InChI is InChI=1S/C18H22N4O2/c1-19-17(23)12-16-20-18(24-21-16)13-22-11-5-8-15(22)10-9-14-6-3-2-4-7-14/h2-4,6-7,9-10,15H,5,8,11-13H2,1H3,(H,19,23)/b10-9+. The van der Waals surface area contributed by atoms with Gasteiger partial charge >= 0.3 is 0 Å². The number of likely N-dealkylation sites (tertiary alicyclic amines) is 1.